The van der Waals surface area contributed by atoms with Gasteiger partial charge in [-0.25, -0.2) is 15.8 Å². The van der Waals surface area contributed by atoms with Crippen LogP contribution in [0.15, 0.2) is 42.7 Å². The quantitative estimate of drug-likeness (QED) is 0.388. The van der Waals surface area contributed by atoms with Gasteiger partial charge in [0.15, 0.2) is 11.5 Å². The van der Waals surface area contributed by atoms with Gasteiger partial charge in [-0.1, -0.05) is 25.1 Å². The Kier molecular flexibility index (Phi) is 5.95. The molecular formula is C19H27N9. The first-order valence-electron chi connectivity index (χ1n) is 9.23. The maximum absolute atomic E-state index is 5.89. The predicted molar refractivity (Wildman–Crippen MR) is 112 cm³/mol. The number of rotatable bonds is 2. The Morgan fingerprint density at radius 2 is 2.04 bits per heavy atom. The van der Waals surface area contributed by atoms with E-state index in [4.69, 9.17) is 17.3 Å². The van der Waals surface area contributed by atoms with Gasteiger partial charge in [0.1, 0.15) is 0 Å². The second-order valence-corrected chi connectivity index (χ2v) is 6.75. The Bertz CT molecular complexity index is 993. The molecule has 2 aromatic heterocycles. The summed E-state index contributed by atoms with van der Waals surface area (Å²) in [6, 6.07) is 7.57. The summed E-state index contributed by atoms with van der Waals surface area (Å²) in [4.78, 5) is 8.69. The Hall–Kier alpha value is -3.33. The zero-order valence-electron chi connectivity index (χ0n) is 16.1. The van der Waals surface area contributed by atoms with Crippen molar-refractivity contribution in [1.82, 2.24) is 29.9 Å². The molecule has 4 rings (SSSR count). The van der Waals surface area contributed by atoms with Crippen LogP contribution in [0.2, 0.25) is 0 Å². The number of hydrogen-bond acceptors (Lipinski definition) is 8. The van der Waals surface area contributed by atoms with Crippen LogP contribution in [0.5, 0.6) is 0 Å². The topological polar surface area (TPSA) is 136 Å². The molecule has 9 heteroatoms. The number of nitrogens with two attached hydrogens (primary N) is 3. The molecule has 0 spiro atoms. The number of nitrogens with one attached hydrogen (secondary N) is 1. The third kappa shape index (κ3) is 4.49. The zero-order chi connectivity index (χ0) is 20.1. The third-order valence-corrected chi connectivity index (χ3v) is 4.34. The maximum atomic E-state index is 5.89. The summed E-state index contributed by atoms with van der Waals surface area (Å²) in [5.41, 5.74) is 14.7. The molecule has 28 heavy (non-hydrogen) atoms. The molecule has 1 aromatic carbocycles. The highest BCUT2D eigenvalue weighted by Crippen LogP contribution is 2.20. The summed E-state index contributed by atoms with van der Waals surface area (Å²) in [6.45, 7) is 5.00. The first kappa shape index (κ1) is 19.4. The zero-order valence-corrected chi connectivity index (χ0v) is 16.1. The molecule has 0 bridgehead atoms. The molecule has 1 saturated heterocycles. The van der Waals surface area contributed by atoms with Gasteiger partial charge in [0.25, 0.3) is 0 Å². The first-order chi connectivity index (χ1) is 13.5. The summed E-state index contributed by atoms with van der Waals surface area (Å²) >= 11 is 0. The van der Waals surface area contributed by atoms with Crippen molar-refractivity contribution in [3.05, 3.63) is 48.6 Å². The fraction of sp³-hybridized carbons (Fsp3) is 0.316. The van der Waals surface area contributed by atoms with Crippen molar-refractivity contribution >= 4 is 28.2 Å². The van der Waals surface area contributed by atoms with Gasteiger partial charge in [-0.15, -0.1) is 5.10 Å². The second-order valence-electron chi connectivity index (χ2n) is 6.75. The average Bonchev–Trinajstić information content (AvgIpc) is 2.98. The SMILES string of the molecule is C=C1CCCCCN1.CN(N)/C=C(\N)c1nc2c3ccccc3nc(N)n2n1. The van der Waals surface area contributed by atoms with Crippen LogP contribution in [0.4, 0.5) is 5.95 Å². The number of hydrogen-bond donors (Lipinski definition) is 4. The molecule has 1 fully saturated rings. The average molecular weight is 381 g/mol. The monoisotopic (exact) mass is 381 g/mol. The fourth-order valence-electron chi connectivity index (χ4n) is 2.97. The molecule has 1 aliphatic heterocycles. The van der Waals surface area contributed by atoms with Gasteiger partial charge >= 0.3 is 0 Å². The van der Waals surface area contributed by atoms with Crippen molar-refractivity contribution in [2.75, 3.05) is 19.3 Å². The van der Waals surface area contributed by atoms with E-state index in [0.29, 0.717) is 17.2 Å². The van der Waals surface area contributed by atoms with Gasteiger partial charge < -0.3 is 21.8 Å². The van der Waals surface area contributed by atoms with Crippen molar-refractivity contribution in [3.63, 3.8) is 0 Å². The Balaban J connectivity index is 0.000000236. The molecule has 0 aliphatic carbocycles. The van der Waals surface area contributed by atoms with Gasteiger partial charge in [0.2, 0.25) is 5.95 Å². The van der Waals surface area contributed by atoms with Crippen LogP contribution in [-0.2, 0) is 0 Å². The van der Waals surface area contributed by atoms with E-state index in [9.17, 15) is 0 Å². The predicted octanol–water partition coefficient (Wildman–Crippen LogP) is 1.59. The minimum absolute atomic E-state index is 0.256. The minimum Gasteiger partial charge on any atom is -0.394 e. The number of nitrogens with zero attached hydrogens (tertiary/aromatic N) is 5. The van der Waals surface area contributed by atoms with Gasteiger partial charge in [-0.2, -0.15) is 4.52 Å². The minimum atomic E-state index is 0.256. The first-order valence-corrected chi connectivity index (χ1v) is 9.23. The van der Waals surface area contributed by atoms with Crippen molar-refractivity contribution in [3.8, 4) is 0 Å². The van der Waals surface area contributed by atoms with Crippen LogP contribution in [0.3, 0.4) is 0 Å². The Labute approximate surface area is 163 Å². The second kappa shape index (κ2) is 8.57. The molecule has 0 unspecified atom stereocenters. The molecule has 9 nitrogen and oxygen atoms in total. The number of benzene rings is 1. The highest BCUT2D eigenvalue weighted by Gasteiger charge is 2.12. The number of nitrogen functional groups attached to an aromatic ring is 1. The Morgan fingerprint density at radius 1 is 1.25 bits per heavy atom. The lowest BCUT2D eigenvalue weighted by atomic mass is 10.2. The Morgan fingerprint density at radius 3 is 2.82 bits per heavy atom. The molecular weight excluding hydrogens is 354 g/mol. The van der Waals surface area contributed by atoms with E-state index in [-0.39, 0.29) is 5.95 Å². The number of para-hydroxylation sites is 1. The largest absolute Gasteiger partial charge is 0.394 e. The lowest BCUT2D eigenvalue weighted by Gasteiger charge is -2.04. The van der Waals surface area contributed by atoms with Crippen molar-refractivity contribution < 1.29 is 0 Å². The standard InChI is InChI=1S/C12H14N8.C7H13N/c1-19(15)6-8(13)10-17-11-7-4-2-3-5-9(7)16-12(14)20(11)18-10;1-7-5-3-2-4-6-8-7/h2-6H,13,15H2,1H3,(H2,14,16);8H,1-6H2/b8-6-;. The number of fused-ring (bicyclic) bond motifs is 3. The van der Waals surface area contributed by atoms with Gasteiger partial charge in [-0.05, 0) is 31.4 Å². The molecule has 148 valence electrons. The van der Waals surface area contributed by atoms with Crippen LogP contribution < -0.4 is 22.6 Å². The maximum Gasteiger partial charge on any atom is 0.223 e. The number of anilines is 1. The van der Waals surface area contributed by atoms with Crippen molar-refractivity contribution in [1.29, 1.82) is 0 Å². The lowest BCUT2D eigenvalue weighted by molar-refractivity contribution is 0.485. The van der Waals surface area contributed by atoms with E-state index in [1.807, 2.05) is 24.3 Å². The summed E-state index contributed by atoms with van der Waals surface area (Å²) < 4.78 is 1.47. The van der Waals surface area contributed by atoms with Crippen LogP contribution in [-0.4, -0.2) is 38.2 Å². The molecule has 3 aromatic rings. The van der Waals surface area contributed by atoms with E-state index < -0.39 is 0 Å². The molecule has 0 radical (unpaired) electrons. The number of hydrazine groups is 1. The van der Waals surface area contributed by atoms with Crippen LogP contribution >= 0.6 is 0 Å². The molecule has 0 saturated carbocycles. The normalized spacial score (nSPS) is 14.9. The van der Waals surface area contributed by atoms with Crippen molar-refractivity contribution in [2.45, 2.75) is 25.7 Å². The van der Waals surface area contributed by atoms with Crippen LogP contribution in [0.25, 0.3) is 22.2 Å². The summed E-state index contributed by atoms with van der Waals surface area (Å²) in [5.74, 6) is 6.13. The van der Waals surface area contributed by atoms with E-state index >= 15 is 0 Å². The highest BCUT2D eigenvalue weighted by molar-refractivity contribution is 5.92. The molecule has 3 heterocycles. The van der Waals surface area contributed by atoms with Crippen LogP contribution in [0, 0.1) is 0 Å². The summed E-state index contributed by atoms with van der Waals surface area (Å²) in [6.07, 6.45) is 6.72. The summed E-state index contributed by atoms with van der Waals surface area (Å²) in [7, 11) is 1.66. The van der Waals surface area contributed by atoms with Gasteiger partial charge in [0.05, 0.1) is 11.2 Å². The van der Waals surface area contributed by atoms with Crippen LogP contribution in [0.1, 0.15) is 31.5 Å². The van der Waals surface area contributed by atoms with E-state index in [1.165, 1.54) is 47.1 Å². The third-order valence-electron chi connectivity index (χ3n) is 4.34. The molecule has 0 atom stereocenters. The molecule has 1 aliphatic rings. The van der Waals surface area contributed by atoms with Gasteiger partial charge in [-0.3, -0.25) is 0 Å². The van der Waals surface area contributed by atoms with E-state index in [2.05, 4.69) is 27.0 Å². The number of allylic oxidation sites excluding steroid dienone is 1. The molecule has 0 amide bonds. The van der Waals surface area contributed by atoms with E-state index in [0.717, 1.165) is 17.4 Å². The smallest absolute Gasteiger partial charge is 0.223 e. The fourth-order valence-corrected chi connectivity index (χ4v) is 2.97. The molecule has 7 N–H and O–H groups in total. The number of aromatic nitrogens is 4. The van der Waals surface area contributed by atoms with Crippen molar-refractivity contribution in [2.24, 2.45) is 11.6 Å². The lowest BCUT2D eigenvalue weighted by Crippen LogP contribution is -2.20. The van der Waals surface area contributed by atoms with E-state index in [1.54, 1.807) is 7.05 Å². The highest BCUT2D eigenvalue weighted by atomic mass is 15.4. The van der Waals surface area contributed by atoms with Gasteiger partial charge in [0, 0.05) is 30.9 Å². The summed E-state index contributed by atoms with van der Waals surface area (Å²) in [5, 5.41) is 9.70.